The van der Waals surface area contributed by atoms with Gasteiger partial charge in [-0.05, 0) is 38.3 Å². The lowest BCUT2D eigenvalue weighted by molar-refractivity contribution is 0.0722. The highest BCUT2D eigenvalue weighted by atomic mass is 35.5. The first kappa shape index (κ1) is 17.0. The molecule has 1 saturated heterocycles. The van der Waals surface area contributed by atoms with Crippen molar-refractivity contribution in [2.45, 2.75) is 26.2 Å². The molecule has 0 bridgehead atoms. The quantitative estimate of drug-likeness (QED) is 0.679. The number of hydrogen-bond donors (Lipinski definition) is 0. The molecule has 0 spiro atoms. The van der Waals surface area contributed by atoms with Gasteiger partial charge in [0.25, 0.3) is 5.91 Å². The molecule has 0 atom stereocenters. The van der Waals surface area contributed by atoms with Crippen LogP contribution in [-0.4, -0.2) is 38.5 Å². The van der Waals surface area contributed by atoms with Gasteiger partial charge in [-0.3, -0.25) is 4.79 Å². The van der Waals surface area contributed by atoms with E-state index in [0.717, 1.165) is 32.4 Å². The predicted molar refractivity (Wildman–Crippen MR) is 97.9 cm³/mol. The van der Waals surface area contributed by atoms with Gasteiger partial charge in [0.15, 0.2) is 5.65 Å². The molecule has 4 rings (SSSR count). The molecule has 0 unspecified atom stereocenters. The van der Waals surface area contributed by atoms with E-state index in [9.17, 15) is 9.18 Å². The Morgan fingerprint density at radius 3 is 2.69 bits per heavy atom. The van der Waals surface area contributed by atoms with Crippen LogP contribution in [0.1, 0.15) is 35.3 Å². The van der Waals surface area contributed by atoms with Crippen molar-refractivity contribution in [3.8, 4) is 11.1 Å². The zero-order valence-electron chi connectivity index (χ0n) is 14.4. The zero-order valence-corrected chi connectivity index (χ0v) is 15.1. The molecular weight excluding hydrogens is 355 g/mol. The molecule has 1 amide bonds. The SMILES string of the molecule is Cc1c(C(=O)N2CCCCC2)cnc2c(-c3c(F)cccc3Cl)cnn12. The lowest BCUT2D eigenvalue weighted by Gasteiger charge is -2.27. The smallest absolute Gasteiger partial charge is 0.257 e. The minimum Gasteiger partial charge on any atom is -0.339 e. The third-order valence-electron chi connectivity index (χ3n) is 4.87. The lowest BCUT2D eigenvalue weighted by Crippen LogP contribution is -2.36. The van der Waals surface area contributed by atoms with Crippen molar-refractivity contribution in [1.29, 1.82) is 0 Å². The summed E-state index contributed by atoms with van der Waals surface area (Å²) >= 11 is 6.18. The summed E-state index contributed by atoms with van der Waals surface area (Å²) in [5.74, 6) is -0.460. The van der Waals surface area contributed by atoms with Gasteiger partial charge < -0.3 is 4.90 Å². The fraction of sp³-hybridized carbons (Fsp3) is 0.316. The van der Waals surface area contributed by atoms with E-state index in [1.807, 2.05) is 11.8 Å². The second-order valence-corrected chi connectivity index (χ2v) is 6.91. The highest BCUT2D eigenvalue weighted by molar-refractivity contribution is 6.33. The average molecular weight is 373 g/mol. The number of rotatable bonds is 2. The van der Waals surface area contributed by atoms with Gasteiger partial charge in [-0.1, -0.05) is 17.7 Å². The van der Waals surface area contributed by atoms with Crippen molar-refractivity contribution in [2.75, 3.05) is 13.1 Å². The molecule has 7 heteroatoms. The number of hydrogen-bond acceptors (Lipinski definition) is 3. The highest BCUT2D eigenvalue weighted by Crippen LogP contribution is 2.33. The van der Waals surface area contributed by atoms with Gasteiger partial charge in [-0.25, -0.2) is 13.9 Å². The maximum atomic E-state index is 14.3. The van der Waals surface area contributed by atoms with Crippen molar-refractivity contribution in [2.24, 2.45) is 0 Å². The fourth-order valence-corrected chi connectivity index (χ4v) is 3.72. The molecule has 0 aliphatic carbocycles. The van der Waals surface area contributed by atoms with E-state index < -0.39 is 5.82 Å². The third-order valence-corrected chi connectivity index (χ3v) is 5.19. The molecule has 0 saturated carbocycles. The van der Waals surface area contributed by atoms with Crippen molar-refractivity contribution in [1.82, 2.24) is 19.5 Å². The summed E-state index contributed by atoms with van der Waals surface area (Å²) in [6.07, 6.45) is 6.30. The summed E-state index contributed by atoms with van der Waals surface area (Å²) in [7, 11) is 0. The van der Waals surface area contributed by atoms with Crippen LogP contribution in [0.2, 0.25) is 5.02 Å². The number of likely N-dealkylation sites (tertiary alicyclic amines) is 1. The molecule has 1 aliphatic rings. The molecule has 1 aliphatic heterocycles. The van der Waals surface area contributed by atoms with Crippen LogP contribution in [0.3, 0.4) is 0 Å². The molecule has 26 heavy (non-hydrogen) atoms. The summed E-state index contributed by atoms with van der Waals surface area (Å²) < 4.78 is 15.9. The van der Waals surface area contributed by atoms with E-state index in [2.05, 4.69) is 10.1 Å². The predicted octanol–water partition coefficient (Wildman–Crippen LogP) is 4.12. The van der Waals surface area contributed by atoms with E-state index in [-0.39, 0.29) is 11.5 Å². The Morgan fingerprint density at radius 1 is 1.19 bits per heavy atom. The first-order valence-corrected chi connectivity index (χ1v) is 9.02. The van der Waals surface area contributed by atoms with Crippen LogP contribution in [0.25, 0.3) is 16.8 Å². The van der Waals surface area contributed by atoms with Gasteiger partial charge in [0.1, 0.15) is 5.82 Å². The number of aromatic nitrogens is 3. The number of halogens is 2. The van der Waals surface area contributed by atoms with E-state index in [0.29, 0.717) is 27.5 Å². The summed E-state index contributed by atoms with van der Waals surface area (Å²) in [4.78, 5) is 19.1. The maximum Gasteiger partial charge on any atom is 0.257 e. The Morgan fingerprint density at radius 2 is 1.96 bits per heavy atom. The van der Waals surface area contributed by atoms with Crippen LogP contribution in [0.5, 0.6) is 0 Å². The number of nitrogens with zero attached hydrogens (tertiary/aromatic N) is 4. The van der Waals surface area contributed by atoms with Crippen LogP contribution in [0.15, 0.2) is 30.6 Å². The maximum absolute atomic E-state index is 14.3. The van der Waals surface area contributed by atoms with Gasteiger partial charge in [0.2, 0.25) is 0 Å². The van der Waals surface area contributed by atoms with Crippen LogP contribution < -0.4 is 0 Å². The molecule has 2 aromatic heterocycles. The van der Waals surface area contributed by atoms with Crippen molar-refractivity contribution >= 4 is 23.2 Å². The summed E-state index contributed by atoms with van der Waals surface area (Å²) in [5, 5.41) is 4.62. The van der Waals surface area contributed by atoms with Gasteiger partial charge in [0.05, 0.1) is 28.0 Å². The van der Waals surface area contributed by atoms with Gasteiger partial charge in [0, 0.05) is 24.8 Å². The minimum atomic E-state index is -0.430. The molecule has 3 aromatic rings. The summed E-state index contributed by atoms with van der Waals surface area (Å²) in [5.41, 5.74) is 2.46. The summed E-state index contributed by atoms with van der Waals surface area (Å²) in [6, 6.07) is 4.54. The second-order valence-electron chi connectivity index (χ2n) is 6.50. The number of fused-ring (bicyclic) bond motifs is 1. The standard InChI is InChI=1S/C19H18ClFN4O/c1-12-13(19(26)24-8-3-2-4-9-24)10-22-18-14(11-23-25(12)18)17-15(20)6-5-7-16(17)21/h5-7,10-11H,2-4,8-9H2,1H3. The number of carbonyl (C=O) groups is 1. The molecule has 5 nitrogen and oxygen atoms in total. The second kappa shape index (κ2) is 6.68. The van der Waals surface area contributed by atoms with Crippen molar-refractivity contribution in [3.63, 3.8) is 0 Å². The first-order valence-electron chi connectivity index (χ1n) is 8.65. The number of amides is 1. The van der Waals surface area contributed by atoms with Crippen molar-refractivity contribution < 1.29 is 9.18 Å². The van der Waals surface area contributed by atoms with Gasteiger partial charge in [-0.2, -0.15) is 5.10 Å². The Bertz CT molecular complexity index is 974. The molecule has 134 valence electrons. The normalized spacial score (nSPS) is 14.8. The van der Waals surface area contributed by atoms with E-state index in [1.54, 1.807) is 22.8 Å². The van der Waals surface area contributed by atoms with E-state index in [4.69, 9.17) is 11.6 Å². The molecule has 1 aromatic carbocycles. The minimum absolute atomic E-state index is 0.0300. The molecule has 1 fully saturated rings. The Labute approximate surface area is 155 Å². The Balaban J connectivity index is 1.80. The highest BCUT2D eigenvalue weighted by Gasteiger charge is 2.23. The van der Waals surface area contributed by atoms with E-state index in [1.165, 1.54) is 12.3 Å². The molecule has 3 heterocycles. The van der Waals surface area contributed by atoms with E-state index >= 15 is 0 Å². The zero-order chi connectivity index (χ0) is 18.3. The van der Waals surface area contributed by atoms with Gasteiger partial charge in [-0.15, -0.1) is 0 Å². The monoisotopic (exact) mass is 372 g/mol. The topological polar surface area (TPSA) is 50.5 Å². The third kappa shape index (κ3) is 2.74. The van der Waals surface area contributed by atoms with Crippen LogP contribution in [0.4, 0.5) is 4.39 Å². The summed E-state index contributed by atoms with van der Waals surface area (Å²) in [6.45, 7) is 3.36. The molecule has 0 N–H and O–H groups in total. The Hall–Kier alpha value is -2.47. The number of aryl methyl sites for hydroxylation is 1. The van der Waals surface area contributed by atoms with Crippen LogP contribution in [0, 0.1) is 12.7 Å². The average Bonchev–Trinajstić information content (AvgIpc) is 3.07. The van der Waals surface area contributed by atoms with Crippen molar-refractivity contribution in [3.05, 3.63) is 52.7 Å². The number of carbonyl (C=O) groups excluding carboxylic acids is 1. The molecular formula is C19H18ClFN4O. The number of benzene rings is 1. The van der Waals surface area contributed by atoms with Crippen LogP contribution in [-0.2, 0) is 0 Å². The lowest BCUT2D eigenvalue weighted by atomic mass is 10.1. The molecule has 0 radical (unpaired) electrons. The first-order chi connectivity index (χ1) is 12.6. The fourth-order valence-electron chi connectivity index (χ4n) is 3.45. The largest absolute Gasteiger partial charge is 0.339 e. The van der Waals surface area contributed by atoms with Gasteiger partial charge >= 0.3 is 0 Å². The van der Waals surface area contributed by atoms with Crippen LogP contribution >= 0.6 is 11.6 Å². The number of piperidine rings is 1. The Kier molecular flexibility index (Phi) is 4.36.